The molecule has 1 fully saturated rings. The van der Waals surface area contributed by atoms with Crippen molar-refractivity contribution < 1.29 is 14.7 Å². The Morgan fingerprint density at radius 1 is 1.04 bits per heavy atom. The summed E-state index contributed by atoms with van der Waals surface area (Å²) in [5, 5.41) is 12.0. The lowest BCUT2D eigenvalue weighted by molar-refractivity contribution is 0.0698. The predicted octanol–water partition coefficient (Wildman–Crippen LogP) is 2.20. The number of para-hydroxylation sites is 1. The number of aromatic carboxylic acids is 1. The molecule has 0 aliphatic carbocycles. The number of carbonyl (C=O) groups is 2. The highest BCUT2D eigenvalue weighted by molar-refractivity contribution is 6.00. The minimum Gasteiger partial charge on any atom is -0.478 e. The molecule has 7 nitrogen and oxygen atoms in total. The quantitative estimate of drug-likeness (QED) is 0.866. The van der Waals surface area contributed by atoms with Crippen molar-refractivity contribution >= 4 is 17.7 Å². The maximum atomic E-state index is 12.7. The zero-order valence-corrected chi connectivity index (χ0v) is 14.1. The first-order valence-corrected chi connectivity index (χ1v) is 8.61. The Kier molecular flexibility index (Phi) is 3.99. The van der Waals surface area contributed by atoms with Gasteiger partial charge in [0.25, 0.3) is 5.56 Å². The molecular weight excluding hydrogens is 334 g/mol. The highest BCUT2D eigenvalue weighted by Crippen LogP contribution is 2.35. The third-order valence-corrected chi connectivity index (χ3v) is 5.17. The number of aromatic nitrogens is 1. The smallest absolute Gasteiger partial charge is 0.337 e. The van der Waals surface area contributed by atoms with Gasteiger partial charge in [-0.15, -0.1) is 0 Å². The van der Waals surface area contributed by atoms with Crippen LogP contribution in [0.15, 0.2) is 47.3 Å². The highest BCUT2D eigenvalue weighted by Gasteiger charge is 2.36. The summed E-state index contributed by atoms with van der Waals surface area (Å²) in [7, 11) is 0. The fraction of sp³-hybridized carbons (Fsp3) is 0.316. The van der Waals surface area contributed by atoms with E-state index in [1.165, 1.54) is 6.07 Å². The number of nitrogens with zero attached hydrogens (tertiary/aromatic N) is 2. The molecule has 1 aromatic heterocycles. The molecule has 2 aliphatic heterocycles. The predicted molar refractivity (Wildman–Crippen MR) is 95.5 cm³/mol. The summed E-state index contributed by atoms with van der Waals surface area (Å²) in [4.78, 5) is 37.8. The number of hydrogen-bond acceptors (Lipinski definition) is 3. The second-order valence-electron chi connectivity index (χ2n) is 6.88. The van der Waals surface area contributed by atoms with Crippen LogP contribution in [0, 0.1) is 5.92 Å². The molecule has 2 bridgehead atoms. The third kappa shape index (κ3) is 2.85. The van der Waals surface area contributed by atoms with Crippen molar-refractivity contribution in [3.63, 3.8) is 0 Å². The number of benzene rings is 1. The van der Waals surface area contributed by atoms with Gasteiger partial charge >= 0.3 is 12.0 Å². The van der Waals surface area contributed by atoms with E-state index in [9.17, 15) is 19.5 Å². The third-order valence-electron chi connectivity index (χ3n) is 5.17. The normalized spacial score (nSPS) is 21.0. The van der Waals surface area contributed by atoms with Crippen LogP contribution >= 0.6 is 0 Å². The number of rotatable bonds is 2. The first-order chi connectivity index (χ1) is 12.5. The Morgan fingerprint density at radius 3 is 2.65 bits per heavy atom. The van der Waals surface area contributed by atoms with E-state index in [0.29, 0.717) is 19.6 Å². The summed E-state index contributed by atoms with van der Waals surface area (Å²) >= 11 is 0. The number of nitrogens with one attached hydrogen (secondary N) is 1. The van der Waals surface area contributed by atoms with Crippen molar-refractivity contribution in [2.75, 3.05) is 18.4 Å². The molecule has 1 aromatic carbocycles. The van der Waals surface area contributed by atoms with Gasteiger partial charge in [-0.25, -0.2) is 9.59 Å². The lowest BCUT2D eigenvalue weighted by Crippen LogP contribution is -2.50. The molecule has 2 aliphatic rings. The van der Waals surface area contributed by atoms with Crippen LogP contribution in [-0.4, -0.2) is 39.7 Å². The lowest BCUT2D eigenvalue weighted by Gasteiger charge is -2.42. The summed E-state index contributed by atoms with van der Waals surface area (Å²) in [5.41, 5.74) is 1.33. The van der Waals surface area contributed by atoms with Crippen LogP contribution in [0.5, 0.6) is 0 Å². The first-order valence-electron chi connectivity index (χ1n) is 8.61. The van der Waals surface area contributed by atoms with Gasteiger partial charge in [0.05, 0.1) is 11.3 Å². The number of amides is 2. The van der Waals surface area contributed by atoms with Crippen molar-refractivity contribution in [3.8, 4) is 0 Å². The number of carbonyl (C=O) groups excluding carboxylic acids is 1. The van der Waals surface area contributed by atoms with E-state index in [4.69, 9.17) is 0 Å². The first kappa shape index (κ1) is 16.4. The van der Waals surface area contributed by atoms with Crippen LogP contribution in [0.4, 0.5) is 10.5 Å². The summed E-state index contributed by atoms with van der Waals surface area (Å²) in [6, 6.07) is 11.3. The Morgan fingerprint density at radius 2 is 1.85 bits per heavy atom. The second kappa shape index (κ2) is 6.33. The van der Waals surface area contributed by atoms with E-state index in [2.05, 4.69) is 5.32 Å². The van der Waals surface area contributed by atoms with Crippen LogP contribution in [0.2, 0.25) is 0 Å². The Labute approximate surface area is 149 Å². The number of carboxylic acid groups (broad SMARTS) is 1. The van der Waals surface area contributed by atoms with Gasteiger partial charge in [0.2, 0.25) is 0 Å². The molecule has 4 rings (SSSR count). The second-order valence-corrected chi connectivity index (χ2v) is 6.88. The van der Waals surface area contributed by atoms with Crippen molar-refractivity contribution in [1.29, 1.82) is 0 Å². The number of anilines is 1. The van der Waals surface area contributed by atoms with E-state index in [-0.39, 0.29) is 34.7 Å². The largest absolute Gasteiger partial charge is 0.478 e. The van der Waals surface area contributed by atoms with E-state index < -0.39 is 5.97 Å². The molecule has 2 aromatic rings. The molecule has 26 heavy (non-hydrogen) atoms. The van der Waals surface area contributed by atoms with Gasteiger partial charge in [-0.05, 0) is 30.5 Å². The van der Waals surface area contributed by atoms with E-state index in [0.717, 1.165) is 12.1 Å². The van der Waals surface area contributed by atoms with E-state index in [1.54, 1.807) is 35.2 Å². The number of pyridine rings is 1. The molecule has 3 heterocycles. The average molecular weight is 353 g/mol. The van der Waals surface area contributed by atoms with Crippen LogP contribution < -0.4 is 10.9 Å². The standard InChI is InChI=1S/C19H19N3O4/c23-17-7-3-6-16-13-8-12(10-22(16)17)9-21(11-13)19(26)20-15-5-2-1-4-14(15)18(24)25/h1-7,12-13H,8-11H2,(H,20,26)(H,24,25)/t12-,13-/m1/s1. The summed E-state index contributed by atoms with van der Waals surface area (Å²) in [6.07, 6.45) is 0.957. The molecule has 1 saturated heterocycles. The van der Waals surface area contributed by atoms with Gasteiger partial charge in [0, 0.05) is 37.3 Å². The van der Waals surface area contributed by atoms with Gasteiger partial charge < -0.3 is 19.9 Å². The average Bonchev–Trinajstić information content (AvgIpc) is 2.63. The van der Waals surface area contributed by atoms with Crippen LogP contribution in [-0.2, 0) is 6.54 Å². The highest BCUT2D eigenvalue weighted by atomic mass is 16.4. The fourth-order valence-corrected chi connectivity index (χ4v) is 4.04. The molecule has 0 saturated carbocycles. The van der Waals surface area contributed by atoms with Crippen LogP contribution in [0.1, 0.15) is 28.4 Å². The van der Waals surface area contributed by atoms with E-state index >= 15 is 0 Å². The van der Waals surface area contributed by atoms with Gasteiger partial charge in [-0.2, -0.15) is 0 Å². The minimum absolute atomic E-state index is 0.00508. The van der Waals surface area contributed by atoms with Crippen LogP contribution in [0.25, 0.3) is 0 Å². The molecule has 134 valence electrons. The Hall–Kier alpha value is -3.09. The van der Waals surface area contributed by atoms with Gasteiger partial charge in [0.15, 0.2) is 0 Å². The zero-order valence-electron chi connectivity index (χ0n) is 14.1. The Balaban J connectivity index is 1.55. The number of fused-ring (bicyclic) bond motifs is 4. The SMILES string of the molecule is O=C(O)c1ccccc1NC(=O)N1C[C@H]2C[C@H](C1)c1cccc(=O)n1C2. The van der Waals surface area contributed by atoms with Gasteiger partial charge in [-0.3, -0.25) is 4.79 Å². The molecular formula is C19H19N3O4. The molecule has 0 spiro atoms. The fourth-order valence-electron chi connectivity index (χ4n) is 4.04. The van der Waals surface area contributed by atoms with Crippen molar-refractivity contribution in [2.45, 2.75) is 18.9 Å². The minimum atomic E-state index is -1.08. The number of likely N-dealkylation sites (tertiary alicyclic amines) is 1. The summed E-state index contributed by atoms with van der Waals surface area (Å²) in [5.74, 6) is -0.733. The number of piperidine rings is 1. The lowest BCUT2D eigenvalue weighted by atomic mass is 9.83. The van der Waals surface area contributed by atoms with E-state index in [1.807, 2.05) is 10.6 Å². The molecule has 0 radical (unpaired) electrons. The van der Waals surface area contributed by atoms with Crippen molar-refractivity contribution in [2.24, 2.45) is 5.92 Å². The topological polar surface area (TPSA) is 91.6 Å². The van der Waals surface area contributed by atoms with Crippen LogP contribution in [0.3, 0.4) is 0 Å². The van der Waals surface area contributed by atoms with Gasteiger partial charge in [0.1, 0.15) is 0 Å². The van der Waals surface area contributed by atoms with Crippen molar-refractivity contribution in [3.05, 3.63) is 64.1 Å². The molecule has 2 atom stereocenters. The summed E-state index contributed by atoms with van der Waals surface area (Å²) < 4.78 is 1.81. The van der Waals surface area contributed by atoms with Crippen molar-refractivity contribution in [1.82, 2.24) is 9.47 Å². The number of urea groups is 1. The summed E-state index contributed by atoms with van der Waals surface area (Å²) in [6.45, 7) is 1.68. The Bertz CT molecular complexity index is 936. The number of hydrogen-bond donors (Lipinski definition) is 2. The zero-order chi connectivity index (χ0) is 18.3. The van der Waals surface area contributed by atoms with Gasteiger partial charge in [-0.1, -0.05) is 18.2 Å². The molecule has 2 N–H and O–H groups in total. The maximum absolute atomic E-state index is 12.7. The molecule has 0 unspecified atom stereocenters. The monoisotopic (exact) mass is 353 g/mol. The molecule has 2 amide bonds. The molecule has 7 heteroatoms. The number of carboxylic acids is 1. The maximum Gasteiger partial charge on any atom is 0.337 e.